The Morgan fingerprint density at radius 2 is 1.63 bits per heavy atom. The minimum atomic E-state index is 0.800. The van der Waals surface area contributed by atoms with Gasteiger partial charge >= 0.3 is 0 Å². The Hall–Kier alpha value is -0.0400. The first kappa shape index (κ1) is 17.0. The summed E-state index contributed by atoms with van der Waals surface area (Å²) in [5.74, 6) is 1.05. The first-order chi connectivity index (χ1) is 9.36. The second kappa shape index (κ2) is 11.8. The Kier molecular flexibility index (Phi) is 10.5. The lowest BCUT2D eigenvalue weighted by molar-refractivity contribution is 0.307. The van der Waals surface area contributed by atoms with Gasteiger partial charge in [0.25, 0.3) is 0 Å². The molecule has 1 nitrogen and oxygen atoms in total. The summed E-state index contributed by atoms with van der Waals surface area (Å²) in [6, 6.07) is 0.800. The van der Waals surface area contributed by atoms with E-state index in [1.165, 1.54) is 83.5 Å². The smallest absolute Gasteiger partial charge is 0.00670 e. The van der Waals surface area contributed by atoms with Gasteiger partial charge in [0.2, 0.25) is 0 Å². The normalized spacial score (nSPS) is 18.6. The van der Waals surface area contributed by atoms with Crippen molar-refractivity contribution in [3.05, 3.63) is 0 Å². The van der Waals surface area contributed by atoms with E-state index < -0.39 is 0 Å². The van der Waals surface area contributed by atoms with Crippen LogP contribution in [0.25, 0.3) is 0 Å². The van der Waals surface area contributed by atoms with Crippen molar-refractivity contribution >= 4 is 0 Å². The lowest BCUT2D eigenvalue weighted by Gasteiger charge is -2.24. The average molecular weight is 268 g/mol. The molecule has 1 fully saturated rings. The van der Waals surface area contributed by atoms with Crippen LogP contribution in [0, 0.1) is 5.92 Å². The minimum absolute atomic E-state index is 0.800. The molecule has 0 aromatic heterocycles. The van der Waals surface area contributed by atoms with E-state index in [1.54, 1.807) is 0 Å². The van der Waals surface area contributed by atoms with E-state index in [9.17, 15) is 0 Å². The van der Waals surface area contributed by atoms with Crippen molar-refractivity contribution in [3.63, 3.8) is 0 Å². The second-order valence-electron chi connectivity index (χ2n) is 6.54. The van der Waals surface area contributed by atoms with Gasteiger partial charge in [-0.25, -0.2) is 0 Å². The zero-order chi connectivity index (χ0) is 13.8. The summed E-state index contributed by atoms with van der Waals surface area (Å²) < 4.78 is 0. The van der Waals surface area contributed by atoms with Crippen molar-refractivity contribution in [1.82, 2.24) is 5.32 Å². The molecule has 1 heteroatoms. The van der Waals surface area contributed by atoms with Gasteiger partial charge in [-0.1, -0.05) is 78.1 Å². The molecule has 0 aromatic carbocycles. The van der Waals surface area contributed by atoms with Gasteiger partial charge in [-0.3, -0.25) is 0 Å². The van der Waals surface area contributed by atoms with Crippen LogP contribution in [0.15, 0.2) is 0 Å². The Labute approximate surface area is 121 Å². The summed E-state index contributed by atoms with van der Waals surface area (Å²) in [4.78, 5) is 0. The van der Waals surface area contributed by atoms with Crippen molar-refractivity contribution in [2.75, 3.05) is 6.54 Å². The molecule has 1 aliphatic carbocycles. The molecule has 0 saturated heterocycles. The molecule has 114 valence electrons. The maximum atomic E-state index is 3.71. The van der Waals surface area contributed by atoms with Crippen LogP contribution in [-0.4, -0.2) is 12.6 Å². The lowest BCUT2D eigenvalue weighted by atomic mass is 9.84. The Morgan fingerprint density at radius 1 is 0.895 bits per heavy atom. The highest BCUT2D eigenvalue weighted by atomic mass is 14.9. The molecule has 0 aliphatic heterocycles. The predicted octanol–water partition coefficient (Wildman–Crippen LogP) is 5.69. The third-order valence-electron chi connectivity index (χ3n) is 4.80. The first-order valence-electron chi connectivity index (χ1n) is 9.10. The van der Waals surface area contributed by atoms with Gasteiger partial charge in [0.05, 0.1) is 0 Å². The topological polar surface area (TPSA) is 12.0 Å². The Bertz CT molecular complexity index is 184. The zero-order valence-electron chi connectivity index (χ0n) is 13.6. The van der Waals surface area contributed by atoms with Gasteiger partial charge in [0.1, 0.15) is 0 Å². The zero-order valence-corrected chi connectivity index (χ0v) is 13.6. The van der Waals surface area contributed by atoms with Crippen molar-refractivity contribution in [1.29, 1.82) is 0 Å². The van der Waals surface area contributed by atoms with Crippen LogP contribution in [0.3, 0.4) is 0 Å². The quantitative estimate of drug-likeness (QED) is 0.474. The molecule has 1 aliphatic rings. The van der Waals surface area contributed by atoms with Crippen molar-refractivity contribution < 1.29 is 0 Å². The van der Waals surface area contributed by atoms with Crippen molar-refractivity contribution in [2.45, 2.75) is 103 Å². The summed E-state index contributed by atoms with van der Waals surface area (Å²) >= 11 is 0. The molecule has 1 N–H and O–H groups in total. The second-order valence-corrected chi connectivity index (χ2v) is 6.54. The molecule has 1 saturated carbocycles. The fourth-order valence-corrected chi connectivity index (χ4v) is 3.54. The standard InChI is InChI=1S/C18H37N/c1-3-5-6-7-11-14-18(19-4-2)16-15-17-12-9-8-10-13-17/h17-19H,3-16H2,1-2H3. The fourth-order valence-electron chi connectivity index (χ4n) is 3.54. The third kappa shape index (κ3) is 8.68. The number of rotatable bonds is 11. The summed E-state index contributed by atoms with van der Waals surface area (Å²) in [6.07, 6.45) is 18.9. The SMILES string of the molecule is CCCCCCCC(CCC1CCCCC1)NCC. The summed E-state index contributed by atoms with van der Waals surface area (Å²) in [5, 5.41) is 3.71. The van der Waals surface area contributed by atoms with Gasteiger partial charge in [0.15, 0.2) is 0 Å². The number of unbranched alkanes of at least 4 members (excludes halogenated alkanes) is 4. The van der Waals surface area contributed by atoms with Crippen LogP contribution in [-0.2, 0) is 0 Å². The molecular weight excluding hydrogens is 230 g/mol. The monoisotopic (exact) mass is 267 g/mol. The summed E-state index contributed by atoms with van der Waals surface area (Å²) in [5.41, 5.74) is 0. The number of nitrogens with one attached hydrogen (secondary N) is 1. The predicted molar refractivity (Wildman–Crippen MR) is 86.6 cm³/mol. The van der Waals surface area contributed by atoms with E-state index in [1.807, 2.05) is 0 Å². The highest BCUT2D eigenvalue weighted by Gasteiger charge is 2.15. The molecule has 0 spiro atoms. The maximum absolute atomic E-state index is 3.71. The van der Waals surface area contributed by atoms with Crippen molar-refractivity contribution in [3.8, 4) is 0 Å². The van der Waals surface area contributed by atoms with Crippen molar-refractivity contribution in [2.24, 2.45) is 5.92 Å². The van der Waals surface area contributed by atoms with Gasteiger partial charge < -0.3 is 5.32 Å². The van der Waals surface area contributed by atoms with Crippen LogP contribution in [0.5, 0.6) is 0 Å². The van der Waals surface area contributed by atoms with Crippen LogP contribution in [0.2, 0.25) is 0 Å². The summed E-state index contributed by atoms with van der Waals surface area (Å²) in [6.45, 7) is 5.70. The van der Waals surface area contributed by atoms with Gasteiger partial charge in [-0.2, -0.15) is 0 Å². The molecular formula is C18H37N. The minimum Gasteiger partial charge on any atom is -0.314 e. The van der Waals surface area contributed by atoms with E-state index in [-0.39, 0.29) is 0 Å². The molecule has 1 rings (SSSR count). The molecule has 1 atom stereocenters. The first-order valence-corrected chi connectivity index (χ1v) is 9.10. The molecule has 0 heterocycles. The van der Waals surface area contributed by atoms with Crippen LogP contribution in [0.1, 0.15) is 97.3 Å². The Balaban J connectivity index is 2.08. The van der Waals surface area contributed by atoms with E-state index in [4.69, 9.17) is 0 Å². The highest BCUT2D eigenvalue weighted by Crippen LogP contribution is 2.28. The number of hydrogen-bond donors (Lipinski definition) is 1. The fraction of sp³-hybridized carbons (Fsp3) is 1.00. The highest BCUT2D eigenvalue weighted by molar-refractivity contribution is 4.72. The van der Waals surface area contributed by atoms with E-state index >= 15 is 0 Å². The molecule has 0 bridgehead atoms. The molecule has 0 aromatic rings. The average Bonchev–Trinajstić information content (AvgIpc) is 2.45. The maximum Gasteiger partial charge on any atom is 0.00670 e. The van der Waals surface area contributed by atoms with Crippen LogP contribution in [0.4, 0.5) is 0 Å². The Morgan fingerprint density at radius 3 is 2.32 bits per heavy atom. The number of hydrogen-bond acceptors (Lipinski definition) is 1. The molecule has 0 radical (unpaired) electrons. The van der Waals surface area contributed by atoms with Crippen LogP contribution < -0.4 is 5.32 Å². The molecule has 0 amide bonds. The van der Waals surface area contributed by atoms with Crippen LogP contribution >= 0.6 is 0 Å². The molecule has 19 heavy (non-hydrogen) atoms. The molecule has 1 unspecified atom stereocenters. The van der Waals surface area contributed by atoms with E-state index in [2.05, 4.69) is 19.2 Å². The third-order valence-corrected chi connectivity index (χ3v) is 4.80. The van der Waals surface area contributed by atoms with E-state index in [0.29, 0.717) is 0 Å². The van der Waals surface area contributed by atoms with Gasteiger partial charge in [0, 0.05) is 6.04 Å². The summed E-state index contributed by atoms with van der Waals surface area (Å²) in [7, 11) is 0. The van der Waals surface area contributed by atoms with Gasteiger partial charge in [-0.05, 0) is 31.7 Å². The largest absolute Gasteiger partial charge is 0.314 e. The lowest BCUT2D eigenvalue weighted by Crippen LogP contribution is -2.29. The van der Waals surface area contributed by atoms with E-state index in [0.717, 1.165) is 18.5 Å². The van der Waals surface area contributed by atoms with Gasteiger partial charge in [-0.15, -0.1) is 0 Å².